The van der Waals surface area contributed by atoms with E-state index in [0.29, 0.717) is 36.4 Å². The summed E-state index contributed by atoms with van der Waals surface area (Å²) in [5.74, 6) is 0.783. The van der Waals surface area contributed by atoms with Crippen LogP contribution in [-0.4, -0.2) is 83.9 Å². The first-order valence-electron chi connectivity index (χ1n) is 16.1. The van der Waals surface area contributed by atoms with Crippen LogP contribution in [0, 0.1) is 12.3 Å². The maximum Gasteiger partial charge on any atom is 0.313 e. The van der Waals surface area contributed by atoms with Gasteiger partial charge in [-0.3, -0.25) is 14.5 Å². The Morgan fingerprint density at radius 3 is 2.62 bits per heavy atom. The predicted octanol–water partition coefficient (Wildman–Crippen LogP) is 4.13. The summed E-state index contributed by atoms with van der Waals surface area (Å²) in [5, 5.41) is 8.75. The molecule has 1 aromatic carbocycles. The number of likely N-dealkylation sites (N-methyl/N-ethyl adjacent to an activating group) is 1. The highest BCUT2D eigenvalue weighted by Crippen LogP contribution is 2.40. The summed E-state index contributed by atoms with van der Waals surface area (Å²) in [6.45, 7) is 9.68. The van der Waals surface area contributed by atoms with Gasteiger partial charge in [-0.25, -0.2) is 14.6 Å². The van der Waals surface area contributed by atoms with E-state index in [1.807, 2.05) is 35.2 Å². The molecule has 1 aliphatic carbocycles. The second-order valence-corrected chi connectivity index (χ2v) is 13.4. The van der Waals surface area contributed by atoms with Crippen molar-refractivity contribution in [3.05, 3.63) is 60.3 Å². The fourth-order valence-corrected chi connectivity index (χ4v) is 6.03. The van der Waals surface area contributed by atoms with Crippen LogP contribution >= 0.6 is 0 Å². The number of esters is 1. The number of carbonyl (C=O) groups is 2. The van der Waals surface area contributed by atoms with Crippen LogP contribution < -0.4 is 10.5 Å². The number of likely N-dealkylation sites (tertiary alicyclic amines) is 1. The van der Waals surface area contributed by atoms with Crippen LogP contribution in [0.4, 0.5) is 5.82 Å². The van der Waals surface area contributed by atoms with Gasteiger partial charge in [0.2, 0.25) is 5.91 Å². The lowest BCUT2D eigenvalue weighted by Gasteiger charge is -2.18. The normalized spacial score (nSPS) is 16.9. The third-order valence-electron chi connectivity index (χ3n) is 8.88. The monoisotopic (exact) mass is 641 g/mol. The molecule has 1 atom stereocenters. The van der Waals surface area contributed by atoms with Gasteiger partial charge >= 0.3 is 5.97 Å². The minimum Gasteiger partial charge on any atom is -0.487 e. The third kappa shape index (κ3) is 6.99. The lowest BCUT2D eigenvalue weighted by molar-refractivity contribution is -0.157. The number of nitrogens with zero attached hydrogens (tertiary/aromatic N) is 8. The van der Waals surface area contributed by atoms with E-state index in [1.165, 1.54) is 23.9 Å². The standard InChI is InChI=1S/C34H43N9O4/c1-22-29(23-8-12-27(13-9-23)46-19-26-17-38-39-42(26)21-47-33(45)34(2,3)4)30-31(35)36-20-37-32(30)43(22)25-14-16-41(18-25)28(44)7-6-15-40(5)24-10-11-24/h6-9,12-13,17,20,24-25H,10-11,14-16,18-19,21H2,1-5H3,(H2,35,36,37). The van der Waals surface area contributed by atoms with E-state index in [2.05, 4.69) is 43.7 Å². The summed E-state index contributed by atoms with van der Waals surface area (Å²) >= 11 is 0. The zero-order chi connectivity index (χ0) is 33.3. The number of ether oxygens (including phenoxy) is 2. The van der Waals surface area contributed by atoms with Crippen LogP contribution in [0.1, 0.15) is 57.5 Å². The molecule has 1 unspecified atom stereocenters. The van der Waals surface area contributed by atoms with Gasteiger partial charge in [-0.05, 0) is 71.7 Å². The summed E-state index contributed by atoms with van der Waals surface area (Å²) in [6.07, 6.45) is 10.1. The number of carbonyl (C=O) groups excluding carboxylic acids is 2. The van der Waals surface area contributed by atoms with Crippen molar-refractivity contribution >= 4 is 28.7 Å². The van der Waals surface area contributed by atoms with Crippen molar-refractivity contribution in [2.75, 3.05) is 32.4 Å². The molecular weight excluding hydrogens is 598 g/mol. The number of amides is 1. The Morgan fingerprint density at radius 2 is 1.89 bits per heavy atom. The molecule has 1 saturated carbocycles. The molecule has 1 aliphatic heterocycles. The van der Waals surface area contributed by atoms with Crippen molar-refractivity contribution in [3.8, 4) is 16.9 Å². The highest BCUT2D eigenvalue weighted by molar-refractivity contribution is 6.02. The minimum atomic E-state index is -0.611. The molecule has 13 heteroatoms. The topological polar surface area (TPSA) is 147 Å². The molecule has 4 aromatic rings. The first-order chi connectivity index (χ1) is 22.5. The number of rotatable bonds is 11. The Kier molecular flexibility index (Phi) is 9.00. The van der Waals surface area contributed by atoms with Crippen LogP contribution in [0.3, 0.4) is 0 Å². The lowest BCUT2D eigenvalue weighted by atomic mass is 9.98. The zero-order valence-corrected chi connectivity index (χ0v) is 27.7. The molecule has 1 amide bonds. The summed E-state index contributed by atoms with van der Waals surface area (Å²) in [4.78, 5) is 38.4. The van der Waals surface area contributed by atoms with Crippen LogP contribution in [0.25, 0.3) is 22.2 Å². The van der Waals surface area contributed by atoms with Crippen molar-refractivity contribution < 1.29 is 19.1 Å². The SMILES string of the molecule is Cc1c(-c2ccc(OCc3cnnn3COC(=O)C(C)(C)C)cc2)c2c(N)ncnc2n1C1CCN(C(=O)C=CCN(C)C2CC2)C1. The molecule has 6 rings (SSSR count). The van der Waals surface area contributed by atoms with E-state index >= 15 is 0 Å². The molecule has 13 nitrogen and oxygen atoms in total. The number of fused-ring (bicyclic) bond motifs is 1. The lowest BCUT2D eigenvalue weighted by Crippen LogP contribution is -2.28. The third-order valence-corrected chi connectivity index (χ3v) is 8.88. The van der Waals surface area contributed by atoms with E-state index in [-0.39, 0.29) is 31.3 Å². The maximum absolute atomic E-state index is 13.0. The molecule has 3 aromatic heterocycles. The van der Waals surface area contributed by atoms with Crippen molar-refractivity contribution in [3.63, 3.8) is 0 Å². The van der Waals surface area contributed by atoms with Crippen molar-refractivity contribution in [1.29, 1.82) is 0 Å². The molecule has 2 fully saturated rings. The van der Waals surface area contributed by atoms with Gasteiger partial charge in [-0.15, -0.1) is 5.10 Å². The highest BCUT2D eigenvalue weighted by Gasteiger charge is 2.31. The molecule has 47 heavy (non-hydrogen) atoms. The first kappa shape index (κ1) is 32.2. The number of nitrogen functional groups attached to an aromatic ring is 1. The summed E-state index contributed by atoms with van der Waals surface area (Å²) < 4.78 is 15.1. The molecule has 0 bridgehead atoms. The molecule has 2 aliphatic rings. The van der Waals surface area contributed by atoms with Crippen LogP contribution in [0.2, 0.25) is 0 Å². The Bertz CT molecular complexity index is 1780. The van der Waals surface area contributed by atoms with E-state index in [4.69, 9.17) is 15.2 Å². The van der Waals surface area contributed by atoms with Gasteiger partial charge in [-0.2, -0.15) is 0 Å². The van der Waals surface area contributed by atoms with E-state index in [0.717, 1.165) is 40.8 Å². The molecule has 2 N–H and O–H groups in total. The van der Waals surface area contributed by atoms with Crippen LogP contribution in [0.15, 0.2) is 48.9 Å². The van der Waals surface area contributed by atoms with Crippen molar-refractivity contribution in [2.24, 2.45) is 5.41 Å². The van der Waals surface area contributed by atoms with Gasteiger partial charge in [0.1, 0.15) is 30.1 Å². The largest absolute Gasteiger partial charge is 0.487 e. The minimum absolute atomic E-state index is 0.0395. The summed E-state index contributed by atoms with van der Waals surface area (Å²) in [5.41, 5.74) is 10.2. The van der Waals surface area contributed by atoms with E-state index in [9.17, 15) is 9.59 Å². The Morgan fingerprint density at radius 1 is 1.13 bits per heavy atom. The average Bonchev–Trinajstić information content (AvgIpc) is 3.47. The number of anilines is 1. The first-order valence-corrected chi connectivity index (χ1v) is 16.1. The second kappa shape index (κ2) is 13.1. The zero-order valence-electron chi connectivity index (χ0n) is 27.7. The molecule has 0 spiro atoms. The quantitative estimate of drug-likeness (QED) is 0.187. The van der Waals surface area contributed by atoms with Gasteiger partial charge in [0.15, 0.2) is 6.73 Å². The summed E-state index contributed by atoms with van der Waals surface area (Å²) in [6, 6.07) is 8.50. The molecule has 248 valence electrons. The average molecular weight is 642 g/mol. The molecule has 1 saturated heterocycles. The summed E-state index contributed by atoms with van der Waals surface area (Å²) in [7, 11) is 2.11. The highest BCUT2D eigenvalue weighted by atomic mass is 16.5. The van der Waals surface area contributed by atoms with Gasteiger partial charge in [0.05, 0.1) is 28.7 Å². The smallest absolute Gasteiger partial charge is 0.313 e. The number of benzene rings is 1. The Balaban J connectivity index is 1.15. The molecule has 0 radical (unpaired) electrons. The molecular formula is C34H43N9O4. The number of hydrogen-bond acceptors (Lipinski definition) is 10. The van der Waals surface area contributed by atoms with Crippen LogP contribution in [0.5, 0.6) is 5.75 Å². The fraction of sp³-hybridized carbons (Fsp3) is 0.471. The Labute approximate surface area is 274 Å². The van der Waals surface area contributed by atoms with Crippen molar-refractivity contribution in [1.82, 2.24) is 39.3 Å². The second-order valence-electron chi connectivity index (χ2n) is 13.4. The van der Waals surface area contributed by atoms with Gasteiger partial charge in [-0.1, -0.05) is 23.4 Å². The van der Waals surface area contributed by atoms with Gasteiger partial charge in [0, 0.05) is 43.0 Å². The fourth-order valence-electron chi connectivity index (χ4n) is 6.03. The predicted molar refractivity (Wildman–Crippen MR) is 177 cm³/mol. The van der Waals surface area contributed by atoms with E-state index in [1.54, 1.807) is 33.0 Å². The number of aromatic nitrogens is 6. The maximum atomic E-state index is 13.0. The molecule has 4 heterocycles. The van der Waals surface area contributed by atoms with Gasteiger partial charge in [0.25, 0.3) is 0 Å². The van der Waals surface area contributed by atoms with Crippen LogP contribution in [-0.2, 0) is 27.7 Å². The Hall–Kier alpha value is -4.78. The number of hydrogen-bond donors (Lipinski definition) is 1. The number of nitrogens with two attached hydrogens (primary N) is 1. The van der Waals surface area contributed by atoms with Gasteiger partial charge < -0.3 is 24.7 Å². The van der Waals surface area contributed by atoms with E-state index < -0.39 is 5.41 Å². The van der Waals surface area contributed by atoms with Crippen molar-refractivity contribution in [2.45, 2.75) is 72.4 Å².